The first-order valence-corrected chi connectivity index (χ1v) is 8.45. The lowest BCUT2D eigenvalue weighted by atomic mass is 9.74. The van der Waals surface area contributed by atoms with Crippen molar-refractivity contribution in [3.05, 3.63) is 54.1 Å². The third kappa shape index (κ3) is 2.86. The summed E-state index contributed by atoms with van der Waals surface area (Å²) in [5, 5.41) is 10.7. The molecule has 2 aliphatic rings. The zero-order valence-corrected chi connectivity index (χ0v) is 13.8. The van der Waals surface area contributed by atoms with Gasteiger partial charge in [0.05, 0.1) is 23.5 Å². The summed E-state index contributed by atoms with van der Waals surface area (Å²) in [7, 11) is 0. The van der Waals surface area contributed by atoms with Crippen LogP contribution in [0.15, 0.2) is 43.0 Å². The van der Waals surface area contributed by atoms with E-state index >= 15 is 0 Å². The molecule has 4 heterocycles. The molecule has 7 heteroatoms. The van der Waals surface area contributed by atoms with Crippen molar-refractivity contribution >= 4 is 11.8 Å². The molecule has 128 valence electrons. The molecular weight excluding hydrogens is 318 g/mol. The minimum atomic E-state index is -0.284. The van der Waals surface area contributed by atoms with Gasteiger partial charge in [-0.1, -0.05) is 6.07 Å². The van der Waals surface area contributed by atoms with Crippen LogP contribution >= 0.6 is 0 Å². The molecule has 2 fully saturated rings. The lowest BCUT2D eigenvalue weighted by Gasteiger charge is -2.42. The average Bonchev–Trinajstić information content (AvgIpc) is 2.99. The van der Waals surface area contributed by atoms with E-state index < -0.39 is 0 Å². The van der Waals surface area contributed by atoms with Gasteiger partial charge in [0.25, 0.3) is 5.91 Å². The minimum Gasteiger partial charge on any atom is -0.350 e. The van der Waals surface area contributed by atoms with Crippen molar-refractivity contribution in [1.82, 2.24) is 25.4 Å². The maximum atomic E-state index is 12.6. The Morgan fingerprint density at radius 2 is 2.00 bits per heavy atom. The second kappa shape index (κ2) is 6.23. The Bertz CT molecular complexity index is 773. The first-order valence-electron chi connectivity index (χ1n) is 8.45. The van der Waals surface area contributed by atoms with Crippen molar-refractivity contribution in [3.8, 4) is 0 Å². The SMILES string of the molecule is O=C1CC(c2cccnc2)C2(CCN(C(=O)c3ccnnc3)CC2)N1. The van der Waals surface area contributed by atoms with Gasteiger partial charge in [0.15, 0.2) is 0 Å². The Balaban J connectivity index is 1.51. The van der Waals surface area contributed by atoms with Gasteiger partial charge in [0, 0.05) is 37.8 Å². The van der Waals surface area contributed by atoms with Crippen LogP contribution in [0.25, 0.3) is 0 Å². The second-order valence-electron chi connectivity index (χ2n) is 6.67. The Kier molecular flexibility index (Phi) is 3.91. The quantitative estimate of drug-likeness (QED) is 0.888. The summed E-state index contributed by atoms with van der Waals surface area (Å²) in [6.07, 6.45) is 8.55. The van der Waals surface area contributed by atoms with Crippen molar-refractivity contribution in [2.45, 2.75) is 30.7 Å². The van der Waals surface area contributed by atoms with E-state index in [0.29, 0.717) is 25.1 Å². The summed E-state index contributed by atoms with van der Waals surface area (Å²) in [4.78, 5) is 30.7. The highest BCUT2D eigenvalue weighted by Crippen LogP contribution is 2.43. The number of amides is 2. The molecule has 25 heavy (non-hydrogen) atoms. The summed E-state index contributed by atoms with van der Waals surface area (Å²) < 4.78 is 0. The highest BCUT2D eigenvalue weighted by Gasteiger charge is 2.49. The largest absolute Gasteiger partial charge is 0.350 e. The molecule has 2 amide bonds. The highest BCUT2D eigenvalue weighted by atomic mass is 16.2. The number of rotatable bonds is 2. The van der Waals surface area contributed by atoms with Crippen LogP contribution in [0.5, 0.6) is 0 Å². The maximum Gasteiger partial charge on any atom is 0.255 e. The van der Waals surface area contributed by atoms with Gasteiger partial charge in [-0.2, -0.15) is 10.2 Å². The van der Waals surface area contributed by atoms with E-state index in [1.807, 2.05) is 23.2 Å². The summed E-state index contributed by atoms with van der Waals surface area (Å²) in [5.74, 6) is 0.146. The van der Waals surface area contributed by atoms with Crippen LogP contribution in [-0.4, -0.2) is 50.5 Å². The third-order valence-electron chi connectivity index (χ3n) is 5.31. The number of carbonyl (C=O) groups excluding carboxylic acids is 2. The Morgan fingerprint density at radius 3 is 2.68 bits per heavy atom. The zero-order valence-electron chi connectivity index (χ0n) is 13.8. The van der Waals surface area contributed by atoms with E-state index in [1.165, 1.54) is 12.4 Å². The van der Waals surface area contributed by atoms with E-state index in [2.05, 4.69) is 20.5 Å². The molecule has 0 aromatic carbocycles. The number of carbonyl (C=O) groups is 2. The van der Waals surface area contributed by atoms with Gasteiger partial charge in [0.2, 0.25) is 5.91 Å². The Labute approximate surface area is 145 Å². The highest BCUT2D eigenvalue weighted by molar-refractivity contribution is 5.94. The van der Waals surface area contributed by atoms with Gasteiger partial charge in [-0.25, -0.2) is 0 Å². The van der Waals surface area contributed by atoms with E-state index in [9.17, 15) is 9.59 Å². The maximum absolute atomic E-state index is 12.6. The second-order valence-corrected chi connectivity index (χ2v) is 6.67. The number of hydrogen-bond acceptors (Lipinski definition) is 5. The number of aromatic nitrogens is 3. The molecule has 1 atom stereocenters. The van der Waals surface area contributed by atoms with Crippen molar-refractivity contribution in [1.29, 1.82) is 0 Å². The summed E-state index contributed by atoms with van der Waals surface area (Å²) in [5.41, 5.74) is 1.34. The van der Waals surface area contributed by atoms with Gasteiger partial charge in [-0.05, 0) is 30.5 Å². The molecular formula is C18H19N5O2. The summed E-state index contributed by atoms with van der Waals surface area (Å²) >= 11 is 0. The molecule has 2 saturated heterocycles. The summed E-state index contributed by atoms with van der Waals surface area (Å²) in [6, 6.07) is 5.61. The minimum absolute atomic E-state index is 0.0352. The third-order valence-corrected chi connectivity index (χ3v) is 5.31. The van der Waals surface area contributed by atoms with Crippen molar-refractivity contribution in [2.75, 3.05) is 13.1 Å². The van der Waals surface area contributed by atoms with E-state index in [4.69, 9.17) is 0 Å². The smallest absolute Gasteiger partial charge is 0.255 e. The number of likely N-dealkylation sites (tertiary alicyclic amines) is 1. The standard InChI is InChI=1S/C18H19N5O2/c24-16-10-15(13-2-1-6-19-11-13)18(22-16)4-8-23(9-5-18)17(25)14-3-7-20-21-12-14/h1-3,6-7,11-12,15H,4-5,8-10H2,(H,22,24). The van der Waals surface area contributed by atoms with Gasteiger partial charge in [-0.15, -0.1) is 0 Å². The number of hydrogen-bond donors (Lipinski definition) is 1. The fourth-order valence-electron chi connectivity index (χ4n) is 4.00. The normalized spacial score (nSPS) is 22.0. The monoisotopic (exact) mass is 337 g/mol. The molecule has 2 aromatic heterocycles. The van der Waals surface area contributed by atoms with Crippen LogP contribution in [0, 0.1) is 0 Å². The molecule has 0 aliphatic carbocycles. The number of pyridine rings is 1. The fourth-order valence-corrected chi connectivity index (χ4v) is 4.00. The average molecular weight is 337 g/mol. The van der Waals surface area contributed by atoms with Crippen LogP contribution in [-0.2, 0) is 4.79 Å². The number of piperidine rings is 1. The lowest BCUT2D eigenvalue weighted by Crippen LogP contribution is -2.54. The van der Waals surface area contributed by atoms with E-state index in [0.717, 1.165) is 18.4 Å². The molecule has 4 rings (SSSR count). The van der Waals surface area contributed by atoms with Crippen LogP contribution in [0.1, 0.15) is 41.1 Å². The topological polar surface area (TPSA) is 88.1 Å². The van der Waals surface area contributed by atoms with Gasteiger partial charge in [0.1, 0.15) is 0 Å². The van der Waals surface area contributed by atoms with E-state index in [1.54, 1.807) is 12.3 Å². The molecule has 0 bridgehead atoms. The molecule has 1 spiro atoms. The van der Waals surface area contributed by atoms with Crippen LogP contribution in [0.4, 0.5) is 0 Å². The zero-order chi connectivity index (χ0) is 17.3. The predicted molar refractivity (Wildman–Crippen MR) is 89.6 cm³/mol. The van der Waals surface area contributed by atoms with Crippen LogP contribution in [0.3, 0.4) is 0 Å². The first-order chi connectivity index (χ1) is 12.2. The van der Waals surface area contributed by atoms with Gasteiger partial charge < -0.3 is 10.2 Å². The van der Waals surface area contributed by atoms with Gasteiger partial charge in [-0.3, -0.25) is 14.6 Å². The molecule has 2 aliphatic heterocycles. The molecule has 2 aromatic rings. The molecule has 0 saturated carbocycles. The summed E-state index contributed by atoms with van der Waals surface area (Å²) in [6.45, 7) is 1.22. The first kappa shape index (κ1) is 15.7. The lowest BCUT2D eigenvalue weighted by molar-refractivity contribution is -0.120. The Morgan fingerprint density at radius 1 is 1.16 bits per heavy atom. The van der Waals surface area contributed by atoms with Gasteiger partial charge >= 0.3 is 0 Å². The van der Waals surface area contributed by atoms with Crippen molar-refractivity contribution < 1.29 is 9.59 Å². The molecule has 1 N–H and O–H groups in total. The predicted octanol–water partition coefficient (Wildman–Crippen LogP) is 1.15. The molecule has 7 nitrogen and oxygen atoms in total. The molecule has 0 radical (unpaired) electrons. The van der Waals surface area contributed by atoms with E-state index in [-0.39, 0.29) is 23.3 Å². The number of nitrogens with zero attached hydrogens (tertiary/aromatic N) is 4. The fraction of sp³-hybridized carbons (Fsp3) is 0.389. The Hall–Kier alpha value is -2.83. The van der Waals surface area contributed by atoms with Crippen LogP contribution in [0.2, 0.25) is 0 Å². The molecule has 1 unspecified atom stereocenters. The van der Waals surface area contributed by atoms with Crippen molar-refractivity contribution in [3.63, 3.8) is 0 Å². The number of nitrogens with one attached hydrogen (secondary N) is 1. The van der Waals surface area contributed by atoms with Crippen molar-refractivity contribution in [2.24, 2.45) is 0 Å². The van der Waals surface area contributed by atoms with Crippen LogP contribution < -0.4 is 5.32 Å².